The highest BCUT2D eigenvalue weighted by Crippen LogP contribution is 2.27. The summed E-state index contributed by atoms with van der Waals surface area (Å²) in [5, 5.41) is 10.5. The summed E-state index contributed by atoms with van der Waals surface area (Å²) < 4.78 is 36.7. The summed E-state index contributed by atoms with van der Waals surface area (Å²) in [6.07, 6.45) is -6.69. The average Bonchev–Trinajstić information content (AvgIpc) is 2.11. The molecule has 0 aromatic rings. The van der Waals surface area contributed by atoms with E-state index in [1.54, 1.807) is 5.32 Å². The second-order valence-electron chi connectivity index (χ2n) is 3.33. The van der Waals surface area contributed by atoms with Crippen LogP contribution >= 0.6 is 0 Å². The van der Waals surface area contributed by atoms with Crippen LogP contribution in [0.3, 0.4) is 0 Å². The number of amides is 2. The van der Waals surface area contributed by atoms with E-state index in [4.69, 9.17) is 10.8 Å². The fourth-order valence-corrected chi connectivity index (χ4v) is 0.602. The van der Waals surface area contributed by atoms with Gasteiger partial charge in [-0.2, -0.15) is 13.2 Å². The van der Waals surface area contributed by atoms with Gasteiger partial charge in [0.1, 0.15) is 6.10 Å². The lowest BCUT2D eigenvalue weighted by Gasteiger charge is -2.26. The first kappa shape index (κ1) is 14.6. The minimum Gasteiger partial charge on any atom is -0.381 e. The maximum Gasteiger partial charge on any atom is 0.415 e. The molecule has 2 atom stereocenters. The van der Waals surface area contributed by atoms with E-state index in [1.807, 2.05) is 0 Å². The van der Waals surface area contributed by atoms with E-state index in [-0.39, 0.29) is 0 Å². The lowest BCUT2D eigenvalue weighted by atomic mass is 10.0. The van der Waals surface area contributed by atoms with E-state index in [1.165, 1.54) is 0 Å². The molecular weight excluding hydrogens is 231 g/mol. The molecule has 9 heteroatoms. The molecule has 0 fully saturated rings. The van der Waals surface area contributed by atoms with Crippen LogP contribution in [0.2, 0.25) is 0 Å². The Morgan fingerprint density at radius 3 is 2.19 bits per heavy atom. The van der Waals surface area contributed by atoms with Gasteiger partial charge in [0, 0.05) is 0 Å². The molecule has 0 aliphatic heterocycles. The quantitative estimate of drug-likeness (QED) is 0.467. The number of aliphatic hydroxyl groups excluding tert-OH is 1. The van der Waals surface area contributed by atoms with Crippen LogP contribution in [-0.2, 0) is 9.59 Å². The Morgan fingerprint density at radius 2 is 1.88 bits per heavy atom. The Kier molecular flexibility index (Phi) is 4.27. The zero-order valence-electron chi connectivity index (χ0n) is 8.34. The lowest BCUT2D eigenvalue weighted by molar-refractivity contribution is -0.187. The second-order valence-corrected chi connectivity index (χ2v) is 3.33. The summed E-state index contributed by atoms with van der Waals surface area (Å²) in [6.45, 7) is -0.254. The Morgan fingerprint density at radius 1 is 1.44 bits per heavy atom. The Hall–Kier alpha value is -1.35. The molecule has 0 radical (unpaired) electrons. The van der Waals surface area contributed by atoms with Crippen molar-refractivity contribution in [2.45, 2.75) is 24.7 Å². The van der Waals surface area contributed by atoms with Crippen molar-refractivity contribution >= 4 is 11.8 Å². The van der Waals surface area contributed by atoms with Gasteiger partial charge < -0.3 is 21.9 Å². The number of hydrogen-bond acceptors (Lipinski definition) is 4. The fourth-order valence-electron chi connectivity index (χ4n) is 0.602. The molecule has 2 unspecified atom stereocenters. The molecule has 2 amide bonds. The first-order chi connectivity index (χ1) is 7.00. The van der Waals surface area contributed by atoms with Crippen molar-refractivity contribution in [1.82, 2.24) is 5.32 Å². The third-order valence-corrected chi connectivity index (χ3v) is 1.84. The molecule has 0 aromatic carbocycles. The van der Waals surface area contributed by atoms with Crippen LogP contribution in [-0.4, -0.2) is 41.3 Å². The third-order valence-electron chi connectivity index (χ3n) is 1.84. The van der Waals surface area contributed by atoms with E-state index < -0.39 is 36.2 Å². The van der Waals surface area contributed by atoms with Crippen molar-refractivity contribution in [3.63, 3.8) is 0 Å². The number of nitrogens with two attached hydrogens (primary N) is 2. The van der Waals surface area contributed by atoms with Gasteiger partial charge in [0.05, 0.1) is 6.54 Å². The van der Waals surface area contributed by atoms with E-state index >= 15 is 0 Å². The molecule has 0 aliphatic rings. The number of alkyl halides is 3. The first-order valence-electron chi connectivity index (χ1n) is 4.11. The van der Waals surface area contributed by atoms with Crippen molar-refractivity contribution in [2.24, 2.45) is 11.5 Å². The van der Waals surface area contributed by atoms with Crippen molar-refractivity contribution in [3.05, 3.63) is 0 Å². The summed E-state index contributed by atoms with van der Waals surface area (Å²) >= 11 is 0. The molecule has 16 heavy (non-hydrogen) atoms. The molecule has 6 nitrogen and oxygen atoms in total. The van der Waals surface area contributed by atoms with Crippen LogP contribution in [0, 0.1) is 0 Å². The zero-order valence-corrected chi connectivity index (χ0v) is 8.34. The molecule has 0 aliphatic carbocycles. The highest BCUT2D eigenvalue weighted by atomic mass is 19.4. The summed E-state index contributed by atoms with van der Waals surface area (Å²) in [7, 11) is 0. The van der Waals surface area contributed by atoms with E-state index in [0.29, 0.717) is 6.92 Å². The van der Waals surface area contributed by atoms with Gasteiger partial charge in [0.25, 0.3) is 0 Å². The molecule has 0 bridgehead atoms. The molecule has 0 heterocycles. The van der Waals surface area contributed by atoms with Gasteiger partial charge in [0.15, 0.2) is 5.54 Å². The molecule has 0 rings (SSSR count). The number of carbonyl (C=O) groups excluding carboxylic acids is 2. The predicted molar refractivity (Wildman–Crippen MR) is 46.9 cm³/mol. The number of primary amides is 1. The molecule has 0 saturated carbocycles. The number of rotatable bonds is 4. The average molecular weight is 243 g/mol. The van der Waals surface area contributed by atoms with Crippen molar-refractivity contribution in [3.8, 4) is 0 Å². The number of halogens is 3. The normalized spacial score (nSPS) is 17.4. The standard InChI is InChI=1S/C7H12F3N3O3/c1-6(12,7(8,9)10)5(16)13-2-3(14)4(11)15/h3,14H,2,12H2,1H3,(H2,11,15)(H,13,16). The van der Waals surface area contributed by atoms with E-state index in [9.17, 15) is 22.8 Å². The number of nitrogens with one attached hydrogen (secondary N) is 1. The number of hydrogen-bond donors (Lipinski definition) is 4. The summed E-state index contributed by atoms with van der Waals surface area (Å²) in [6, 6.07) is 0. The zero-order chi connectivity index (χ0) is 13.1. The van der Waals surface area contributed by atoms with Crippen molar-refractivity contribution in [2.75, 3.05) is 6.54 Å². The maximum atomic E-state index is 12.2. The van der Waals surface area contributed by atoms with Gasteiger partial charge in [-0.05, 0) is 6.92 Å². The van der Waals surface area contributed by atoms with E-state index in [0.717, 1.165) is 0 Å². The third kappa shape index (κ3) is 3.35. The van der Waals surface area contributed by atoms with Crippen LogP contribution in [0.15, 0.2) is 0 Å². The highest BCUT2D eigenvalue weighted by molar-refractivity contribution is 5.87. The molecule has 0 saturated heterocycles. The topological polar surface area (TPSA) is 118 Å². The van der Waals surface area contributed by atoms with Gasteiger partial charge in [-0.3, -0.25) is 9.59 Å². The summed E-state index contributed by atoms with van der Waals surface area (Å²) in [4.78, 5) is 21.3. The summed E-state index contributed by atoms with van der Waals surface area (Å²) in [5.74, 6) is -2.72. The maximum absolute atomic E-state index is 12.2. The van der Waals surface area contributed by atoms with Gasteiger partial charge >= 0.3 is 6.18 Å². The Labute approximate surface area is 88.8 Å². The minimum atomic E-state index is -4.94. The highest BCUT2D eigenvalue weighted by Gasteiger charge is 2.53. The monoisotopic (exact) mass is 243 g/mol. The Bertz CT molecular complexity index is 290. The second kappa shape index (κ2) is 4.66. The van der Waals surface area contributed by atoms with Crippen LogP contribution in [0.25, 0.3) is 0 Å². The molecular formula is C7H12F3N3O3. The van der Waals surface area contributed by atoms with Crippen molar-refractivity contribution < 1.29 is 27.9 Å². The Balaban J connectivity index is 4.44. The van der Waals surface area contributed by atoms with Gasteiger partial charge in [-0.1, -0.05) is 0 Å². The first-order valence-corrected chi connectivity index (χ1v) is 4.11. The van der Waals surface area contributed by atoms with Gasteiger partial charge in [0.2, 0.25) is 11.8 Å². The lowest BCUT2D eigenvalue weighted by Crippen LogP contribution is -2.62. The molecule has 6 N–H and O–H groups in total. The van der Waals surface area contributed by atoms with Crippen LogP contribution in [0.1, 0.15) is 6.92 Å². The predicted octanol–water partition coefficient (Wildman–Crippen LogP) is -1.77. The molecule has 94 valence electrons. The smallest absolute Gasteiger partial charge is 0.381 e. The van der Waals surface area contributed by atoms with Crippen molar-refractivity contribution in [1.29, 1.82) is 0 Å². The summed E-state index contributed by atoms with van der Waals surface area (Å²) in [5.41, 5.74) is 6.30. The number of carbonyl (C=O) groups is 2. The van der Waals surface area contributed by atoms with Crippen LogP contribution in [0.4, 0.5) is 13.2 Å². The van der Waals surface area contributed by atoms with Crippen LogP contribution < -0.4 is 16.8 Å². The largest absolute Gasteiger partial charge is 0.415 e. The van der Waals surface area contributed by atoms with Gasteiger partial charge in [-0.25, -0.2) is 0 Å². The van der Waals surface area contributed by atoms with Gasteiger partial charge in [-0.15, -0.1) is 0 Å². The van der Waals surface area contributed by atoms with E-state index in [2.05, 4.69) is 5.73 Å². The fraction of sp³-hybridized carbons (Fsp3) is 0.714. The van der Waals surface area contributed by atoms with Crippen LogP contribution in [0.5, 0.6) is 0 Å². The number of aliphatic hydroxyl groups is 1. The molecule has 0 spiro atoms. The SMILES string of the molecule is CC(N)(C(=O)NCC(O)C(N)=O)C(F)(F)F. The molecule has 0 aromatic heterocycles. The minimum absolute atomic E-state index is 0.471.